The molecule has 1 aromatic carbocycles. The number of nitrogens with zero attached hydrogens (tertiary/aromatic N) is 2. The molecular weight excluding hydrogens is 256 g/mol. The number of pyridine rings is 1. The molecule has 2 aromatic rings. The van der Waals surface area contributed by atoms with Gasteiger partial charge >= 0.3 is 5.97 Å². The molecular formula is C15H12N2O3. The molecule has 1 N–H and O–H groups in total. The molecule has 0 atom stereocenters. The summed E-state index contributed by atoms with van der Waals surface area (Å²) in [6.07, 6.45) is 1.54. The first-order valence-electron chi connectivity index (χ1n) is 5.92. The van der Waals surface area contributed by atoms with Crippen LogP contribution in [0.5, 0.6) is 5.75 Å². The third-order valence-corrected chi connectivity index (χ3v) is 2.74. The van der Waals surface area contributed by atoms with Crippen molar-refractivity contribution in [2.45, 2.75) is 13.5 Å². The highest BCUT2D eigenvalue weighted by Gasteiger charge is 2.08. The zero-order valence-corrected chi connectivity index (χ0v) is 10.8. The number of hydrogen-bond donors (Lipinski definition) is 1. The minimum Gasteiger partial charge on any atom is -0.506 e. The maximum absolute atomic E-state index is 11.8. The minimum absolute atomic E-state index is 0.0275. The summed E-state index contributed by atoms with van der Waals surface area (Å²) in [5.41, 5.74) is 1.98. The molecule has 20 heavy (non-hydrogen) atoms. The standard InChI is InChI=1S/C15H12N2O3/c1-10-14(18)6-12(8-17-10)9-20-15(19)13-4-2-11(7-16)3-5-13/h2-6,8,18H,9H2,1H3. The van der Waals surface area contributed by atoms with Crippen LogP contribution in [0.1, 0.15) is 27.2 Å². The second-order valence-corrected chi connectivity index (χ2v) is 4.21. The van der Waals surface area contributed by atoms with Crippen molar-refractivity contribution in [3.05, 3.63) is 58.9 Å². The van der Waals surface area contributed by atoms with Crippen LogP contribution in [0.4, 0.5) is 0 Å². The Morgan fingerprint density at radius 2 is 2.10 bits per heavy atom. The van der Waals surface area contributed by atoms with Gasteiger partial charge in [-0.25, -0.2) is 4.79 Å². The van der Waals surface area contributed by atoms with E-state index in [1.165, 1.54) is 18.2 Å². The van der Waals surface area contributed by atoms with Crippen LogP contribution >= 0.6 is 0 Å². The van der Waals surface area contributed by atoms with E-state index >= 15 is 0 Å². The molecule has 0 aliphatic heterocycles. The van der Waals surface area contributed by atoms with Gasteiger partial charge in [-0.2, -0.15) is 5.26 Å². The second kappa shape index (κ2) is 5.85. The van der Waals surface area contributed by atoms with Crippen molar-refractivity contribution >= 4 is 5.97 Å². The molecule has 0 unspecified atom stereocenters. The van der Waals surface area contributed by atoms with Gasteiger partial charge in [0, 0.05) is 11.8 Å². The van der Waals surface area contributed by atoms with Gasteiger partial charge in [0.05, 0.1) is 22.9 Å². The number of aromatic hydroxyl groups is 1. The Labute approximate surface area is 116 Å². The highest BCUT2D eigenvalue weighted by molar-refractivity contribution is 5.89. The third-order valence-electron chi connectivity index (χ3n) is 2.74. The summed E-state index contributed by atoms with van der Waals surface area (Å²) < 4.78 is 5.11. The van der Waals surface area contributed by atoms with Crippen LogP contribution in [0.15, 0.2) is 36.5 Å². The number of carbonyl (C=O) groups is 1. The third kappa shape index (κ3) is 3.12. The van der Waals surface area contributed by atoms with Gasteiger partial charge in [0.2, 0.25) is 0 Å². The largest absolute Gasteiger partial charge is 0.506 e. The molecule has 0 aliphatic rings. The van der Waals surface area contributed by atoms with Gasteiger partial charge in [-0.15, -0.1) is 0 Å². The number of ether oxygens (including phenoxy) is 1. The Bertz CT molecular complexity index is 673. The molecule has 0 spiro atoms. The zero-order valence-electron chi connectivity index (χ0n) is 10.8. The van der Waals surface area contributed by atoms with Crippen LogP contribution in [0.3, 0.4) is 0 Å². The number of rotatable bonds is 3. The number of aromatic nitrogens is 1. The van der Waals surface area contributed by atoms with Gasteiger partial charge in [-0.3, -0.25) is 4.98 Å². The van der Waals surface area contributed by atoms with Crippen LogP contribution in [-0.4, -0.2) is 16.1 Å². The number of benzene rings is 1. The van der Waals surface area contributed by atoms with Crippen molar-refractivity contribution in [2.75, 3.05) is 0 Å². The van der Waals surface area contributed by atoms with Crippen molar-refractivity contribution in [1.29, 1.82) is 5.26 Å². The molecule has 0 radical (unpaired) electrons. The van der Waals surface area contributed by atoms with Crippen LogP contribution < -0.4 is 0 Å². The van der Waals surface area contributed by atoms with Crippen LogP contribution in [0, 0.1) is 18.3 Å². The minimum atomic E-state index is -0.491. The normalized spacial score (nSPS) is 9.80. The molecule has 0 aliphatic carbocycles. The van der Waals surface area contributed by atoms with E-state index in [9.17, 15) is 9.90 Å². The molecule has 5 nitrogen and oxygen atoms in total. The number of hydrogen-bond acceptors (Lipinski definition) is 5. The first-order chi connectivity index (χ1) is 9.60. The maximum Gasteiger partial charge on any atom is 0.338 e. The van der Waals surface area contributed by atoms with Crippen molar-refractivity contribution in [1.82, 2.24) is 4.98 Å². The van der Waals surface area contributed by atoms with E-state index in [0.717, 1.165) is 0 Å². The highest BCUT2D eigenvalue weighted by atomic mass is 16.5. The number of carbonyl (C=O) groups excluding carboxylic acids is 1. The van der Waals surface area contributed by atoms with Crippen LogP contribution in [0.25, 0.3) is 0 Å². The second-order valence-electron chi connectivity index (χ2n) is 4.21. The number of aryl methyl sites for hydroxylation is 1. The molecule has 0 saturated heterocycles. The Morgan fingerprint density at radius 3 is 2.70 bits per heavy atom. The summed E-state index contributed by atoms with van der Waals surface area (Å²) >= 11 is 0. The first-order valence-corrected chi connectivity index (χ1v) is 5.92. The SMILES string of the molecule is Cc1ncc(COC(=O)c2ccc(C#N)cc2)cc1O. The number of esters is 1. The number of nitriles is 1. The summed E-state index contributed by atoms with van der Waals surface area (Å²) in [6, 6.07) is 9.65. The lowest BCUT2D eigenvalue weighted by Crippen LogP contribution is -2.05. The van der Waals surface area contributed by atoms with Gasteiger partial charge < -0.3 is 9.84 Å². The monoisotopic (exact) mass is 268 g/mol. The molecule has 0 bridgehead atoms. The van der Waals surface area contributed by atoms with E-state index in [1.54, 1.807) is 25.3 Å². The van der Waals surface area contributed by atoms with E-state index in [-0.39, 0.29) is 12.4 Å². The quantitative estimate of drug-likeness (QED) is 0.864. The van der Waals surface area contributed by atoms with E-state index in [1.807, 2.05) is 6.07 Å². The topological polar surface area (TPSA) is 83.2 Å². The van der Waals surface area contributed by atoms with Crippen LogP contribution in [-0.2, 0) is 11.3 Å². The average molecular weight is 268 g/mol. The summed E-state index contributed by atoms with van der Waals surface area (Å²) in [6.45, 7) is 1.71. The molecule has 2 rings (SSSR count). The predicted octanol–water partition coefficient (Wildman–Crippen LogP) is 2.32. The molecule has 100 valence electrons. The van der Waals surface area contributed by atoms with Gasteiger partial charge in [0.15, 0.2) is 0 Å². The Balaban J connectivity index is 2.01. The average Bonchev–Trinajstić information content (AvgIpc) is 2.48. The fraction of sp³-hybridized carbons (Fsp3) is 0.133. The summed E-state index contributed by atoms with van der Waals surface area (Å²) in [5, 5.41) is 18.2. The Hall–Kier alpha value is -2.87. The van der Waals surface area contributed by atoms with Crippen LogP contribution in [0.2, 0.25) is 0 Å². The lowest BCUT2D eigenvalue weighted by atomic mass is 10.1. The van der Waals surface area contributed by atoms with Gasteiger partial charge in [-0.1, -0.05) is 0 Å². The van der Waals surface area contributed by atoms with Gasteiger partial charge in [0.1, 0.15) is 12.4 Å². The van der Waals surface area contributed by atoms with Gasteiger partial charge in [-0.05, 0) is 37.3 Å². The Morgan fingerprint density at radius 1 is 1.40 bits per heavy atom. The maximum atomic E-state index is 11.8. The first kappa shape index (κ1) is 13.6. The van der Waals surface area contributed by atoms with Crippen molar-refractivity contribution in [2.24, 2.45) is 0 Å². The molecule has 5 heteroatoms. The van der Waals surface area contributed by atoms with Gasteiger partial charge in [0.25, 0.3) is 0 Å². The summed E-state index contributed by atoms with van der Waals surface area (Å²) in [5.74, 6) is -0.425. The lowest BCUT2D eigenvalue weighted by molar-refractivity contribution is 0.0472. The molecule has 0 fully saturated rings. The smallest absolute Gasteiger partial charge is 0.338 e. The summed E-state index contributed by atoms with van der Waals surface area (Å²) in [4.78, 5) is 15.8. The predicted molar refractivity (Wildman–Crippen MR) is 70.9 cm³/mol. The fourth-order valence-electron chi connectivity index (χ4n) is 1.56. The molecule has 1 aromatic heterocycles. The van der Waals surface area contributed by atoms with E-state index in [0.29, 0.717) is 22.4 Å². The molecule has 0 amide bonds. The Kier molecular flexibility index (Phi) is 3.96. The lowest BCUT2D eigenvalue weighted by Gasteiger charge is -2.06. The zero-order chi connectivity index (χ0) is 14.5. The summed E-state index contributed by atoms with van der Waals surface area (Å²) in [7, 11) is 0. The van der Waals surface area contributed by atoms with E-state index in [2.05, 4.69) is 4.98 Å². The van der Waals surface area contributed by atoms with Crippen molar-refractivity contribution < 1.29 is 14.6 Å². The molecule has 1 heterocycles. The highest BCUT2D eigenvalue weighted by Crippen LogP contribution is 2.15. The van der Waals surface area contributed by atoms with Crippen molar-refractivity contribution in [3.63, 3.8) is 0 Å². The van der Waals surface area contributed by atoms with E-state index < -0.39 is 5.97 Å². The molecule has 0 saturated carbocycles. The van der Waals surface area contributed by atoms with E-state index in [4.69, 9.17) is 10.00 Å². The van der Waals surface area contributed by atoms with Crippen molar-refractivity contribution in [3.8, 4) is 11.8 Å². The fourth-order valence-corrected chi connectivity index (χ4v) is 1.56.